The van der Waals surface area contributed by atoms with Crippen molar-refractivity contribution in [2.75, 3.05) is 38.3 Å². The summed E-state index contributed by atoms with van der Waals surface area (Å²) < 4.78 is 25.2. The van der Waals surface area contributed by atoms with E-state index in [9.17, 15) is 13.2 Å². The molecule has 2 aromatic rings. The fraction of sp³-hybridized carbons (Fsp3) is 0.421. The maximum atomic E-state index is 12.9. The summed E-state index contributed by atoms with van der Waals surface area (Å²) in [6, 6.07) is 7.29. The zero-order valence-corrected chi connectivity index (χ0v) is 18.2. The van der Waals surface area contributed by atoms with Crippen molar-refractivity contribution in [3.05, 3.63) is 52.3 Å². The van der Waals surface area contributed by atoms with Crippen molar-refractivity contribution < 1.29 is 13.2 Å². The van der Waals surface area contributed by atoms with E-state index < -0.39 is 10.0 Å². The molecule has 10 heteroatoms. The number of anilines is 1. The molecule has 1 saturated heterocycles. The molecular weight excluding hydrogens is 414 g/mol. The highest BCUT2D eigenvalue weighted by Gasteiger charge is 2.33. The number of hydrogen-bond donors (Lipinski definition) is 1. The van der Waals surface area contributed by atoms with Gasteiger partial charge in [-0.1, -0.05) is 29.8 Å². The normalized spacial score (nSPS) is 17.3. The molecule has 1 aromatic heterocycles. The molecule has 1 aromatic carbocycles. The number of amides is 1. The second-order valence-corrected chi connectivity index (χ2v) is 9.63. The largest absolute Gasteiger partial charge is 0.348 e. The van der Waals surface area contributed by atoms with Crippen LogP contribution in [0.1, 0.15) is 34.0 Å². The number of sulfonamides is 1. The Kier molecular flexibility index (Phi) is 6.40. The van der Waals surface area contributed by atoms with E-state index in [2.05, 4.69) is 15.3 Å². The minimum Gasteiger partial charge on any atom is -0.348 e. The van der Waals surface area contributed by atoms with E-state index >= 15 is 0 Å². The Bertz CT molecular complexity index is 1010. The summed E-state index contributed by atoms with van der Waals surface area (Å²) in [6.07, 6.45) is 3.29. The van der Waals surface area contributed by atoms with Gasteiger partial charge in [0.25, 0.3) is 5.91 Å². The Labute approximate surface area is 176 Å². The first-order valence-corrected chi connectivity index (χ1v) is 11.4. The summed E-state index contributed by atoms with van der Waals surface area (Å²) in [7, 11) is 0.337. The van der Waals surface area contributed by atoms with Gasteiger partial charge in [-0.05, 0) is 18.1 Å². The second-order valence-electron chi connectivity index (χ2n) is 7.24. The van der Waals surface area contributed by atoms with Crippen LogP contribution in [0.2, 0.25) is 5.02 Å². The summed E-state index contributed by atoms with van der Waals surface area (Å²) in [6.45, 7) is 0.979. The van der Waals surface area contributed by atoms with E-state index in [1.54, 1.807) is 11.0 Å². The molecular formula is C19H24ClN5O3S. The van der Waals surface area contributed by atoms with Crippen LogP contribution < -0.4 is 10.2 Å². The lowest BCUT2D eigenvalue weighted by Crippen LogP contribution is -2.29. The van der Waals surface area contributed by atoms with Crippen LogP contribution in [0.5, 0.6) is 0 Å². The Morgan fingerprint density at radius 2 is 2.07 bits per heavy atom. The van der Waals surface area contributed by atoms with Gasteiger partial charge < -0.3 is 10.2 Å². The van der Waals surface area contributed by atoms with Gasteiger partial charge in [0.15, 0.2) is 0 Å². The van der Waals surface area contributed by atoms with Gasteiger partial charge in [-0.2, -0.15) is 0 Å². The molecule has 3 rings (SSSR count). The molecule has 156 valence electrons. The molecule has 1 atom stereocenters. The standard InChI is InChI=1S/C19H24ClN5O3S/c1-24(2)19-22-11-15(18(26)21-10-13-6-4-5-7-16(13)20)17(23-19)14-8-9-25(12-14)29(3,27)28/h4-7,11,14H,8-10,12H2,1-3H3,(H,21,26). The van der Waals surface area contributed by atoms with E-state index in [0.29, 0.717) is 41.7 Å². The minimum absolute atomic E-state index is 0.174. The first-order chi connectivity index (χ1) is 13.7. The monoisotopic (exact) mass is 437 g/mol. The molecule has 0 aliphatic carbocycles. The minimum atomic E-state index is -3.29. The SMILES string of the molecule is CN(C)c1ncc(C(=O)NCc2ccccc2Cl)c(C2CCN(S(C)(=O)=O)C2)n1. The Hall–Kier alpha value is -2.23. The number of hydrogen-bond acceptors (Lipinski definition) is 6. The van der Waals surface area contributed by atoms with E-state index in [4.69, 9.17) is 11.6 Å². The van der Waals surface area contributed by atoms with Crippen molar-refractivity contribution in [1.29, 1.82) is 0 Å². The average molecular weight is 438 g/mol. The van der Waals surface area contributed by atoms with Gasteiger partial charge in [0.1, 0.15) is 0 Å². The lowest BCUT2D eigenvalue weighted by Gasteiger charge is -2.18. The van der Waals surface area contributed by atoms with Crippen molar-refractivity contribution in [3.63, 3.8) is 0 Å². The van der Waals surface area contributed by atoms with Crippen molar-refractivity contribution in [2.24, 2.45) is 0 Å². The van der Waals surface area contributed by atoms with E-state index in [-0.39, 0.29) is 18.4 Å². The molecule has 0 spiro atoms. The van der Waals surface area contributed by atoms with E-state index in [1.165, 1.54) is 16.8 Å². The number of rotatable bonds is 6. The molecule has 8 nitrogen and oxygen atoms in total. The van der Waals surface area contributed by atoms with E-state index in [1.807, 2.05) is 32.3 Å². The number of halogens is 1. The topological polar surface area (TPSA) is 95.5 Å². The zero-order valence-electron chi connectivity index (χ0n) is 16.6. The second kappa shape index (κ2) is 8.64. The first-order valence-electron chi connectivity index (χ1n) is 9.18. The maximum Gasteiger partial charge on any atom is 0.254 e. The summed E-state index contributed by atoms with van der Waals surface area (Å²) in [5.41, 5.74) is 1.72. The predicted molar refractivity (Wildman–Crippen MR) is 113 cm³/mol. The van der Waals surface area contributed by atoms with Crippen LogP contribution >= 0.6 is 11.6 Å². The number of nitrogens with one attached hydrogen (secondary N) is 1. The smallest absolute Gasteiger partial charge is 0.254 e. The van der Waals surface area contributed by atoms with Crippen molar-refractivity contribution in [2.45, 2.75) is 18.9 Å². The molecule has 2 heterocycles. The van der Waals surface area contributed by atoms with Crippen LogP contribution in [-0.4, -0.2) is 62.0 Å². The van der Waals surface area contributed by atoms with Gasteiger partial charge in [-0.25, -0.2) is 22.7 Å². The highest BCUT2D eigenvalue weighted by atomic mass is 35.5. The molecule has 0 saturated carbocycles. The van der Waals surface area contributed by atoms with Gasteiger partial charge in [-0.3, -0.25) is 4.79 Å². The number of nitrogens with zero attached hydrogens (tertiary/aromatic N) is 4. The molecule has 1 fully saturated rings. The van der Waals surface area contributed by atoms with Crippen LogP contribution in [0, 0.1) is 0 Å². The summed E-state index contributed by atoms with van der Waals surface area (Å²) >= 11 is 6.16. The lowest BCUT2D eigenvalue weighted by atomic mass is 10.00. The maximum absolute atomic E-state index is 12.9. The number of benzene rings is 1. The lowest BCUT2D eigenvalue weighted by molar-refractivity contribution is 0.0948. The van der Waals surface area contributed by atoms with Gasteiger partial charge in [0.05, 0.1) is 17.5 Å². The summed E-state index contributed by atoms with van der Waals surface area (Å²) in [5, 5.41) is 3.44. The molecule has 1 aliphatic heterocycles. The molecule has 1 amide bonds. The Balaban J connectivity index is 1.86. The summed E-state index contributed by atoms with van der Waals surface area (Å²) in [5.74, 6) is -0.0176. The van der Waals surface area contributed by atoms with E-state index in [0.717, 1.165) is 5.56 Å². The molecule has 1 aliphatic rings. The third kappa shape index (κ3) is 5.04. The number of carbonyl (C=O) groups is 1. The molecule has 29 heavy (non-hydrogen) atoms. The Morgan fingerprint density at radius 3 is 2.69 bits per heavy atom. The molecule has 0 radical (unpaired) electrons. The van der Waals surface area contributed by atoms with Gasteiger partial charge in [0.2, 0.25) is 16.0 Å². The number of carbonyl (C=O) groups excluding carboxylic acids is 1. The van der Waals surface area contributed by atoms with Gasteiger partial charge in [0, 0.05) is 50.9 Å². The number of aromatic nitrogens is 2. The third-order valence-electron chi connectivity index (χ3n) is 4.85. The average Bonchev–Trinajstić information content (AvgIpc) is 3.17. The highest BCUT2D eigenvalue weighted by Crippen LogP contribution is 2.30. The molecule has 0 bridgehead atoms. The molecule has 1 N–H and O–H groups in total. The third-order valence-corrected chi connectivity index (χ3v) is 6.49. The van der Waals surface area contributed by atoms with Crippen molar-refractivity contribution >= 4 is 33.5 Å². The van der Waals surface area contributed by atoms with Gasteiger partial charge in [-0.15, -0.1) is 0 Å². The first kappa shape index (κ1) is 21.5. The van der Waals surface area contributed by atoms with Crippen LogP contribution in [0.4, 0.5) is 5.95 Å². The highest BCUT2D eigenvalue weighted by molar-refractivity contribution is 7.88. The van der Waals surface area contributed by atoms with Gasteiger partial charge >= 0.3 is 0 Å². The van der Waals surface area contributed by atoms with Crippen LogP contribution in [0.3, 0.4) is 0 Å². The Morgan fingerprint density at radius 1 is 1.34 bits per heavy atom. The van der Waals surface area contributed by atoms with Crippen LogP contribution in [0.15, 0.2) is 30.5 Å². The van der Waals surface area contributed by atoms with Crippen LogP contribution in [-0.2, 0) is 16.6 Å². The quantitative estimate of drug-likeness (QED) is 0.741. The molecule has 1 unspecified atom stereocenters. The predicted octanol–water partition coefficient (Wildman–Crippen LogP) is 1.87. The van der Waals surface area contributed by atoms with Crippen LogP contribution in [0.25, 0.3) is 0 Å². The van der Waals surface area contributed by atoms with Crippen molar-refractivity contribution in [3.8, 4) is 0 Å². The fourth-order valence-electron chi connectivity index (χ4n) is 3.25. The fourth-order valence-corrected chi connectivity index (χ4v) is 4.34. The van der Waals surface area contributed by atoms with Crippen molar-refractivity contribution in [1.82, 2.24) is 19.6 Å². The zero-order chi connectivity index (χ0) is 21.2. The summed E-state index contributed by atoms with van der Waals surface area (Å²) in [4.78, 5) is 23.5.